The molecule has 0 saturated carbocycles. The molecule has 1 aliphatic carbocycles. The van der Waals surface area contributed by atoms with Gasteiger partial charge in [0.25, 0.3) is 5.91 Å². The third-order valence-electron chi connectivity index (χ3n) is 4.86. The monoisotopic (exact) mass is 342 g/mol. The van der Waals surface area contributed by atoms with Crippen LogP contribution in [-0.2, 0) is 9.59 Å². The van der Waals surface area contributed by atoms with Gasteiger partial charge in [-0.05, 0) is 43.9 Å². The van der Waals surface area contributed by atoms with Crippen LogP contribution >= 0.6 is 0 Å². The average Bonchev–Trinajstić information content (AvgIpc) is 3.16. The Morgan fingerprint density at radius 2 is 1.72 bits per heavy atom. The van der Waals surface area contributed by atoms with Crippen molar-refractivity contribution in [2.24, 2.45) is 11.8 Å². The first-order chi connectivity index (χ1) is 12.1. The largest absolute Gasteiger partial charge is 0.481 e. The highest BCUT2D eigenvalue weighted by atomic mass is 16.4. The molecule has 3 rings (SSSR count). The molecule has 1 heterocycles. The molecule has 2 amide bonds. The summed E-state index contributed by atoms with van der Waals surface area (Å²) in [5.41, 5.74) is 1.06. The van der Waals surface area contributed by atoms with E-state index in [1.807, 2.05) is 11.0 Å². The molecule has 25 heavy (non-hydrogen) atoms. The third kappa shape index (κ3) is 3.90. The maximum atomic E-state index is 12.5. The minimum atomic E-state index is -0.956. The number of hydrogen-bond acceptors (Lipinski definition) is 3. The fraction of sp³-hybridized carbons (Fsp3) is 0.421. The van der Waals surface area contributed by atoms with E-state index in [-0.39, 0.29) is 11.8 Å². The first-order valence-electron chi connectivity index (χ1n) is 8.64. The number of nitrogens with zero attached hydrogens (tertiary/aromatic N) is 1. The van der Waals surface area contributed by atoms with Crippen LogP contribution in [0, 0.1) is 11.8 Å². The zero-order chi connectivity index (χ0) is 17.8. The van der Waals surface area contributed by atoms with E-state index in [4.69, 9.17) is 0 Å². The second-order valence-corrected chi connectivity index (χ2v) is 6.56. The van der Waals surface area contributed by atoms with Crippen LogP contribution in [0.4, 0.5) is 5.69 Å². The molecule has 132 valence electrons. The van der Waals surface area contributed by atoms with E-state index in [2.05, 4.69) is 5.32 Å². The molecule has 0 bridgehead atoms. The van der Waals surface area contributed by atoms with Gasteiger partial charge in [0, 0.05) is 24.3 Å². The highest BCUT2D eigenvalue weighted by molar-refractivity contribution is 5.98. The lowest BCUT2D eigenvalue weighted by atomic mass is 9.82. The van der Waals surface area contributed by atoms with Crippen molar-refractivity contribution in [1.82, 2.24) is 4.90 Å². The molecule has 1 aromatic rings. The molecule has 2 N–H and O–H groups in total. The Labute approximate surface area is 146 Å². The molecule has 6 heteroatoms. The fourth-order valence-electron chi connectivity index (χ4n) is 3.44. The van der Waals surface area contributed by atoms with Crippen molar-refractivity contribution in [3.8, 4) is 0 Å². The van der Waals surface area contributed by atoms with Crippen molar-refractivity contribution < 1.29 is 19.5 Å². The number of nitrogens with one attached hydrogen (secondary N) is 1. The Hall–Kier alpha value is -2.63. The van der Waals surface area contributed by atoms with E-state index < -0.39 is 17.8 Å². The van der Waals surface area contributed by atoms with Gasteiger partial charge in [0.15, 0.2) is 0 Å². The van der Waals surface area contributed by atoms with Crippen LogP contribution in [0.2, 0.25) is 0 Å². The summed E-state index contributed by atoms with van der Waals surface area (Å²) in [6, 6.07) is 6.84. The number of carboxylic acid groups (broad SMARTS) is 1. The zero-order valence-electron chi connectivity index (χ0n) is 14.0. The minimum absolute atomic E-state index is 0.0300. The second kappa shape index (κ2) is 7.51. The molecule has 1 saturated heterocycles. The summed E-state index contributed by atoms with van der Waals surface area (Å²) in [7, 11) is 0. The Morgan fingerprint density at radius 1 is 1.04 bits per heavy atom. The molecule has 0 unspecified atom stereocenters. The lowest BCUT2D eigenvalue weighted by molar-refractivity contribution is -0.146. The summed E-state index contributed by atoms with van der Waals surface area (Å²) < 4.78 is 0. The van der Waals surface area contributed by atoms with E-state index in [1.165, 1.54) is 0 Å². The van der Waals surface area contributed by atoms with Crippen molar-refractivity contribution >= 4 is 23.5 Å². The van der Waals surface area contributed by atoms with Gasteiger partial charge in [-0.2, -0.15) is 0 Å². The molecule has 1 aliphatic heterocycles. The maximum absolute atomic E-state index is 12.5. The number of carboxylic acids is 1. The predicted molar refractivity (Wildman–Crippen MR) is 93.2 cm³/mol. The number of aliphatic carboxylic acids is 1. The number of allylic oxidation sites excluding steroid dienone is 2. The molecule has 2 aliphatic rings. The van der Waals surface area contributed by atoms with E-state index in [0.717, 1.165) is 25.9 Å². The van der Waals surface area contributed by atoms with Crippen LogP contribution in [0.5, 0.6) is 0 Å². The van der Waals surface area contributed by atoms with Crippen LogP contribution < -0.4 is 5.32 Å². The summed E-state index contributed by atoms with van der Waals surface area (Å²) in [5, 5.41) is 12.1. The lowest BCUT2D eigenvalue weighted by Crippen LogP contribution is -2.34. The van der Waals surface area contributed by atoms with Gasteiger partial charge in [-0.25, -0.2) is 0 Å². The van der Waals surface area contributed by atoms with Gasteiger partial charge in [-0.15, -0.1) is 0 Å². The number of likely N-dealkylation sites (tertiary alicyclic amines) is 1. The normalized spacial score (nSPS) is 22.6. The van der Waals surface area contributed by atoms with Crippen LogP contribution in [0.25, 0.3) is 0 Å². The maximum Gasteiger partial charge on any atom is 0.307 e. The van der Waals surface area contributed by atoms with Crippen LogP contribution in [-0.4, -0.2) is 40.9 Å². The SMILES string of the molecule is O=C(O)[C@H]1CC=CC[C@H]1C(=O)Nc1cccc(C(=O)N2CCCC2)c1. The fourth-order valence-corrected chi connectivity index (χ4v) is 3.44. The van der Waals surface area contributed by atoms with E-state index in [1.54, 1.807) is 30.3 Å². The summed E-state index contributed by atoms with van der Waals surface area (Å²) in [6.07, 6.45) is 6.47. The summed E-state index contributed by atoms with van der Waals surface area (Å²) in [4.78, 5) is 38.1. The highest BCUT2D eigenvalue weighted by Gasteiger charge is 2.34. The molecule has 2 atom stereocenters. The van der Waals surface area contributed by atoms with E-state index in [9.17, 15) is 19.5 Å². The molecule has 0 aromatic heterocycles. The Morgan fingerprint density at radius 3 is 2.40 bits per heavy atom. The van der Waals surface area contributed by atoms with Gasteiger partial charge in [-0.1, -0.05) is 18.2 Å². The molecule has 0 radical (unpaired) electrons. The number of benzene rings is 1. The van der Waals surface area contributed by atoms with Crippen LogP contribution in [0.15, 0.2) is 36.4 Å². The van der Waals surface area contributed by atoms with Crippen molar-refractivity contribution in [3.05, 3.63) is 42.0 Å². The van der Waals surface area contributed by atoms with Gasteiger partial charge in [0.1, 0.15) is 0 Å². The number of amides is 2. The molecule has 6 nitrogen and oxygen atoms in total. The van der Waals surface area contributed by atoms with Gasteiger partial charge in [0.05, 0.1) is 11.8 Å². The van der Waals surface area contributed by atoms with Crippen molar-refractivity contribution in [2.45, 2.75) is 25.7 Å². The van der Waals surface area contributed by atoms with Crippen molar-refractivity contribution in [3.63, 3.8) is 0 Å². The number of anilines is 1. The zero-order valence-corrected chi connectivity index (χ0v) is 14.0. The summed E-state index contributed by atoms with van der Waals surface area (Å²) >= 11 is 0. The van der Waals surface area contributed by atoms with Gasteiger partial charge < -0.3 is 15.3 Å². The minimum Gasteiger partial charge on any atom is -0.481 e. The van der Waals surface area contributed by atoms with Gasteiger partial charge >= 0.3 is 5.97 Å². The topological polar surface area (TPSA) is 86.7 Å². The number of carbonyl (C=O) groups excluding carboxylic acids is 2. The number of rotatable bonds is 4. The summed E-state index contributed by atoms with van der Waals surface area (Å²) in [5.74, 6) is -2.61. The third-order valence-corrected chi connectivity index (χ3v) is 4.86. The van der Waals surface area contributed by atoms with E-state index in [0.29, 0.717) is 24.1 Å². The van der Waals surface area contributed by atoms with E-state index >= 15 is 0 Å². The smallest absolute Gasteiger partial charge is 0.307 e. The quantitative estimate of drug-likeness (QED) is 0.823. The highest BCUT2D eigenvalue weighted by Crippen LogP contribution is 2.27. The van der Waals surface area contributed by atoms with Gasteiger partial charge in [0.2, 0.25) is 5.91 Å². The Balaban J connectivity index is 1.71. The first-order valence-corrected chi connectivity index (χ1v) is 8.64. The molecule has 1 aromatic carbocycles. The van der Waals surface area contributed by atoms with Crippen LogP contribution in [0.1, 0.15) is 36.0 Å². The van der Waals surface area contributed by atoms with Crippen molar-refractivity contribution in [1.29, 1.82) is 0 Å². The van der Waals surface area contributed by atoms with Crippen molar-refractivity contribution in [2.75, 3.05) is 18.4 Å². The standard InChI is InChI=1S/C19H22N2O4/c22-17(15-8-1-2-9-16(15)19(24)25)20-14-7-5-6-13(12-14)18(23)21-10-3-4-11-21/h1-2,5-7,12,15-16H,3-4,8-11H2,(H,20,22)(H,24,25)/t15-,16+/m1/s1. The van der Waals surface area contributed by atoms with Gasteiger partial charge in [-0.3, -0.25) is 14.4 Å². The second-order valence-electron chi connectivity index (χ2n) is 6.56. The lowest BCUT2D eigenvalue weighted by Gasteiger charge is -2.24. The number of carbonyl (C=O) groups is 3. The first kappa shape index (κ1) is 17.2. The molecular formula is C19H22N2O4. The molecular weight excluding hydrogens is 320 g/mol. The number of hydrogen-bond donors (Lipinski definition) is 2. The van der Waals surface area contributed by atoms with Crippen LogP contribution in [0.3, 0.4) is 0 Å². The average molecular weight is 342 g/mol. The predicted octanol–water partition coefficient (Wildman–Crippen LogP) is 2.53. The Bertz CT molecular complexity index is 707. The summed E-state index contributed by atoms with van der Waals surface area (Å²) in [6.45, 7) is 1.54. The molecule has 1 fully saturated rings. The Kier molecular flexibility index (Phi) is 5.16. The molecule has 0 spiro atoms.